The van der Waals surface area contributed by atoms with Crippen molar-refractivity contribution in [3.8, 4) is 17.0 Å². The van der Waals surface area contributed by atoms with Crippen LogP contribution in [0.25, 0.3) is 11.3 Å². The van der Waals surface area contributed by atoms with Gasteiger partial charge in [0.2, 0.25) is 0 Å². The van der Waals surface area contributed by atoms with E-state index in [0.717, 1.165) is 6.07 Å². The van der Waals surface area contributed by atoms with E-state index in [1.54, 1.807) is 19.9 Å². The Morgan fingerprint density at radius 3 is 2.64 bits per heavy atom. The summed E-state index contributed by atoms with van der Waals surface area (Å²) in [6.07, 6.45) is -4.81. The number of alkyl halides is 3. The first-order valence-electron chi connectivity index (χ1n) is 6.26. The SMILES string of the molecule is CCOC(=O)c1n[nH]nc1-c1cc(C)cc(OC(F)(F)F)c1. The molecule has 1 N–H and O–H groups in total. The van der Waals surface area contributed by atoms with Crippen LogP contribution in [0.1, 0.15) is 23.0 Å². The number of hydrogen-bond donors (Lipinski definition) is 1. The van der Waals surface area contributed by atoms with Gasteiger partial charge in [-0.1, -0.05) is 0 Å². The van der Waals surface area contributed by atoms with Gasteiger partial charge in [0.25, 0.3) is 0 Å². The number of aryl methyl sites for hydroxylation is 1. The van der Waals surface area contributed by atoms with Gasteiger partial charge in [0.1, 0.15) is 11.4 Å². The van der Waals surface area contributed by atoms with Crippen LogP contribution in [-0.2, 0) is 4.74 Å². The van der Waals surface area contributed by atoms with Gasteiger partial charge in [0.15, 0.2) is 5.69 Å². The molecule has 0 atom stereocenters. The van der Waals surface area contributed by atoms with Crippen molar-refractivity contribution in [1.29, 1.82) is 0 Å². The van der Waals surface area contributed by atoms with Gasteiger partial charge in [-0.2, -0.15) is 10.3 Å². The van der Waals surface area contributed by atoms with Crippen molar-refractivity contribution in [2.24, 2.45) is 0 Å². The van der Waals surface area contributed by atoms with E-state index in [-0.39, 0.29) is 23.6 Å². The second-order valence-corrected chi connectivity index (χ2v) is 4.32. The minimum atomic E-state index is -4.81. The Kier molecular flexibility index (Phi) is 4.34. The molecule has 22 heavy (non-hydrogen) atoms. The second kappa shape index (κ2) is 6.04. The van der Waals surface area contributed by atoms with Crippen LogP contribution in [0, 0.1) is 6.92 Å². The fraction of sp³-hybridized carbons (Fsp3) is 0.308. The molecule has 0 saturated heterocycles. The van der Waals surface area contributed by atoms with Crippen LogP contribution >= 0.6 is 0 Å². The van der Waals surface area contributed by atoms with Gasteiger partial charge in [-0.25, -0.2) is 4.79 Å². The highest BCUT2D eigenvalue weighted by molar-refractivity contribution is 5.94. The predicted molar refractivity (Wildman–Crippen MR) is 69.2 cm³/mol. The lowest BCUT2D eigenvalue weighted by Crippen LogP contribution is -2.17. The van der Waals surface area contributed by atoms with Gasteiger partial charge in [-0.3, -0.25) is 0 Å². The van der Waals surface area contributed by atoms with E-state index >= 15 is 0 Å². The average molecular weight is 315 g/mol. The van der Waals surface area contributed by atoms with Gasteiger partial charge >= 0.3 is 12.3 Å². The van der Waals surface area contributed by atoms with Gasteiger partial charge in [0, 0.05) is 5.56 Å². The summed E-state index contributed by atoms with van der Waals surface area (Å²) < 4.78 is 45.7. The monoisotopic (exact) mass is 315 g/mol. The number of carbonyl (C=O) groups excluding carboxylic acids is 1. The van der Waals surface area contributed by atoms with Crippen LogP contribution in [0.5, 0.6) is 5.75 Å². The summed E-state index contributed by atoms with van der Waals surface area (Å²) in [5.74, 6) is -1.12. The minimum absolute atomic E-state index is 0.0918. The Morgan fingerprint density at radius 1 is 1.27 bits per heavy atom. The van der Waals surface area contributed by atoms with Crippen LogP contribution in [0.3, 0.4) is 0 Å². The van der Waals surface area contributed by atoms with Gasteiger partial charge in [-0.05, 0) is 37.6 Å². The zero-order chi connectivity index (χ0) is 16.3. The maximum absolute atomic E-state index is 12.3. The summed E-state index contributed by atoms with van der Waals surface area (Å²) in [6.45, 7) is 3.36. The number of ether oxygens (including phenoxy) is 2. The molecule has 1 aromatic carbocycles. The third-order valence-electron chi connectivity index (χ3n) is 2.57. The Hall–Kier alpha value is -2.58. The number of nitrogens with zero attached hydrogens (tertiary/aromatic N) is 2. The van der Waals surface area contributed by atoms with E-state index in [1.807, 2.05) is 0 Å². The van der Waals surface area contributed by atoms with E-state index in [2.05, 4.69) is 20.1 Å². The number of carbonyl (C=O) groups is 1. The van der Waals surface area contributed by atoms with Crippen LogP contribution in [-0.4, -0.2) is 34.3 Å². The summed E-state index contributed by atoms with van der Waals surface area (Å²) in [7, 11) is 0. The summed E-state index contributed by atoms with van der Waals surface area (Å²) in [5.41, 5.74) is 0.755. The Bertz CT molecular complexity index is 683. The molecule has 0 bridgehead atoms. The zero-order valence-corrected chi connectivity index (χ0v) is 11.7. The number of hydrogen-bond acceptors (Lipinski definition) is 5. The van der Waals surface area contributed by atoms with Gasteiger partial charge in [-0.15, -0.1) is 18.3 Å². The van der Waals surface area contributed by atoms with E-state index in [9.17, 15) is 18.0 Å². The van der Waals surface area contributed by atoms with E-state index in [1.165, 1.54) is 6.07 Å². The van der Waals surface area contributed by atoms with Crippen molar-refractivity contribution in [2.45, 2.75) is 20.2 Å². The highest BCUT2D eigenvalue weighted by Gasteiger charge is 2.31. The van der Waals surface area contributed by atoms with Gasteiger partial charge < -0.3 is 9.47 Å². The minimum Gasteiger partial charge on any atom is -0.461 e. The lowest BCUT2D eigenvalue weighted by molar-refractivity contribution is -0.274. The first-order valence-corrected chi connectivity index (χ1v) is 6.26. The number of halogens is 3. The van der Waals surface area contributed by atoms with E-state index in [4.69, 9.17) is 4.74 Å². The van der Waals surface area contributed by atoms with Crippen LogP contribution < -0.4 is 4.74 Å². The normalized spacial score (nSPS) is 11.3. The maximum atomic E-state index is 12.3. The largest absolute Gasteiger partial charge is 0.573 e. The number of aromatic amines is 1. The molecule has 0 fully saturated rings. The number of aromatic nitrogens is 3. The smallest absolute Gasteiger partial charge is 0.461 e. The van der Waals surface area contributed by atoms with Crippen LogP contribution in [0.2, 0.25) is 0 Å². The molecule has 0 amide bonds. The number of esters is 1. The number of H-pyrrole nitrogens is 1. The summed E-state index contributed by atoms with van der Waals surface area (Å²) in [4.78, 5) is 11.7. The number of nitrogens with one attached hydrogen (secondary N) is 1. The van der Waals surface area contributed by atoms with Crippen LogP contribution in [0.4, 0.5) is 13.2 Å². The molecule has 0 aliphatic carbocycles. The highest BCUT2D eigenvalue weighted by Crippen LogP contribution is 2.30. The second-order valence-electron chi connectivity index (χ2n) is 4.32. The fourth-order valence-electron chi connectivity index (χ4n) is 1.85. The molecule has 2 rings (SSSR count). The highest BCUT2D eigenvalue weighted by atomic mass is 19.4. The van der Waals surface area contributed by atoms with Crippen molar-refractivity contribution in [3.63, 3.8) is 0 Å². The predicted octanol–water partition coefficient (Wildman–Crippen LogP) is 2.86. The van der Waals surface area contributed by atoms with Crippen molar-refractivity contribution < 1.29 is 27.4 Å². The Balaban J connectivity index is 2.41. The third kappa shape index (κ3) is 3.74. The Morgan fingerprint density at radius 2 is 2.00 bits per heavy atom. The topological polar surface area (TPSA) is 77.1 Å². The van der Waals surface area contributed by atoms with Crippen molar-refractivity contribution in [2.75, 3.05) is 6.61 Å². The van der Waals surface area contributed by atoms with E-state index in [0.29, 0.717) is 5.56 Å². The standard InChI is InChI=1S/C13H12F3N3O3/c1-3-21-12(20)11-10(17-19-18-11)8-4-7(2)5-9(6-8)22-13(14,15)16/h4-6H,3H2,1-2H3,(H,17,18,19). The molecule has 0 spiro atoms. The quantitative estimate of drug-likeness (QED) is 0.878. The van der Waals surface area contributed by atoms with E-state index < -0.39 is 18.1 Å². The zero-order valence-electron chi connectivity index (χ0n) is 11.7. The molecular formula is C13H12F3N3O3. The molecule has 0 aliphatic rings. The summed E-state index contributed by atoms with van der Waals surface area (Å²) >= 11 is 0. The fourth-order valence-corrected chi connectivity index (χ4v) is 1.85. The molecular weight excluding hydrogens is 303 g/mol. The molecule has 1 aromatic heterocycles. The number of benzene rings is 1. The molecule has 118 valence electrons. The third-order valence-corrected chi connectivity index (χ3v) is 2.57. The van der Waals surface area contributed by atoms with Crippen LogP contribution in [0.15, 0.2) is 18.2 Å². The van der Waals surface area contributed by atoms with Crippen molar-refractivity contribution in [1.82, 2.24) is 15.4 Å². The molecule has 2 aromatic rings. The molecule has 0 unspecified atom stereocenters. The Labute approximate surface area is 123 Å². The average Bonchev–Trinajstić information content (AvgIpc) is 2.85. The molecule has 9 heteroatoms. The number of rotatable bonds is 4. The van der Waals surface area contributed by atoms with Crippen molar-refractivity contribution >= 4 is 5.97 Å². The first-order chi connectivity index (χ1) is 10.3. The first kappa shape index (κ1) is 15.8. The lowest BCUT2D eigenvalue weighted by Gasteiger charge is -2.11. The van der Waals surface area contributed by atoms with Crippen molar-refractivity contribution in [3.05, 3.63) is 29.5 Å². The summed E-state index contributed by atoms with van der Waals surface area (Å²) in [6, 6.07) is 3.91. The lowest BCUT2D eigenvalue weighted by atomic mass is 10.1. The molecule has 0 radical (unpaired) electrons. The summed E-state index contributed by atoms with van der Waals surface area (Å²) in [5, 5.41) is 9.73. The molecule has 6 nitrogen and oxygen atoms in total. The molecule has 0 saturated carbocycles. The molecule has 0 aliphatic heterocycles. The van der Waals surface area contributed by atoms with Gasteiger partial charge in [0.05, 0.1) is 6.61 Å². The molecule has 1 heterocycles. The maximum Gasteiger partial charge on any atom is 0.573 e.